The average Bonchev–Trinajstić information content (AvgIpc) is 2.48. The second kappa shape index (κ2) is 5.87. The van der Waals surface area contributed by atoms with Crippen molar-refractivity contribution in [1.82, 2.24) is 4.90 Å². The highest BCUT2D eigenvalue weighted by Gasteiger charge is 2.28. The van der Waals surface area contributed by atoms with Crippen LogP contribution in [0, 0.1) is 35.0 Å². The number of piperidine rings is 1. The van der Waals surface area contributed by atoms with Crippen LogP contribution in [0.3, 0.4) is 0 Å². The molecular weight excluding hydrogens is 281 g/mol. The Morgan fingerprint density at radius 2 is 1.55 bits per heavy atom. The molecule has 2 nitrogen and oxygen atoms in total. The summed E-state index contributed by atoms with van der Waals surface area (Å²) in [5.41, 5.74) is -0.854. The summed E-state index contributed by atoms with van der Waals surface area (Å²) in [4.78, 5) is 12.2. The van der Waals surface area contributed by atoms with Gasteiger partial charge in [-0.1, -0.05) is 0 Å². The van der Waals surface area contributed by atoms with Crippen molar-refractivity contribution in [2.75, 3.05) is 13.1 Å². The molecule has 1 saturated heterocycles. The van der Waals surface area contributed by atoms with Gasteiger partial charge in [-0.3, -0.25) is 4.90 Å². The smallest absolute Gasteiger partial charge is 0.200 e. The van der Waals surface area contributed by atoms with Crippen molar-refractivity contribution in [1.29, 1.82) is 0 Å². The first-order valence-electron chi connectivity index (χ1n) is 6.13. The molecule has 0 radical (unpaired) electrons. The Morgan fingerprint density at radius 3 is 2.10 bits per heavy atom. The lowest BCUT2D eigenvalue weighted by molar-refractivity contribution is -0.112. The number of carbonyl (C=O) groups is 1. The molecule has 0 N–H and O–H groups in total. The second-order valence-electron chi connectivity index (χ2n) is 4.82. The predicted molar refractivity (Wildman–Crippen MR) is 60.3 cm³/mol. The van der Waals surface area contributed by atoms with E-state index in [0.29, 0.717) is 19.4 Å². The van der Waals surface area contributed by atoms with E-state index >= 15 is 0 Å². The van der Waals surface area contributed by atoms with Gasteiger partial charge >= 0.3 is 0 Å². The Balaban J connectivity index is 2.27. The monoisotopic (exact) mass is 293 g/mol. The average molecular weight is 293 g/mol. The van der Waals surface area contributed by atoms with Crippen LogP contribution >= 0.6 is 0 Å². The molecular formula is C13H12F5NO. The molecule has 1 aromatic carbocycles. The Hall–Kier alpha value is -1.50. The van der Waals surface area contributed by atoms with Gasteiger partial charge in [0.2, 0.25) is 5.82 Å². The fourth-order valence-corrected chi connectivity index (χ4v) is 2.36. The maximum absolute atomic E-state index is 13.5. The van der Waals surface area contributed by atoms with Gasteiger partial charge in [0.25, 0.3) is 0 Å². The standard InChI is InChI=1S/C13H12F5NO/c14-9-8(10(15)12(17)13(18)11(9)16)5-19-3-1-2-7(4-19)6-20/h6-7H,1-5H2. The zero-order valence-corrected chi connectivity index (χ0v) is 10.4. The normalized spacial score (nSPS) is 20.1. The van der Waals surface area contributed by atoms with E-state index in [0.717, 1.165) is 6.29 Å². The molecule has 1 fully saturated rings. The number of rotatable bonds is 3. The minimum absolute atomic E-state index is 0.253. The van der Waals surface area contributed by atoms with Crippen molar-refractivity contribution in [3.63, 3.8) is 0 Å². The first-order chi connectivity index (χ1) is 9.45. The highest BCUT2D eigenvalue weighted by atomic mass is 19.2. The van der Waals surface area contributed by atoms with Crippen LogP contribution in [0.5, 0.6) is 0 Å². The lowest BCUT2D eigenvalue weighted by atomic mass is 9.99. The molecule has 0 bridgehead atoms. The van der Waals surface area contributed by atoms with Gasteiger partial charge in [0.05, 0.1) is 0 Å². The summed E-state index contributed by atoms with van der Waals surface area (Å²) in [7, 11) is 0. The SMILES string of the molecule is O=CC1CCCN(Cc2c(F)c(F)c(F)c(F)c2F)C1. The Bertz CT molecular complexity index is 505. The van der Waals surface area contributed by atoms with E-state index in [9.17, 15) is 26.7 Å². The fraction of sp³-hybridized carbons (Fsp3) is 0.462. The molecule has 1 atom stereocenters. The predicted octanol–water partition coefficient (Wildman–Crippen LogP) is 2.79. The van der Waals surface area contributed by atoms with Gasteiger partial charge < -0.3 is 4.79 Å². The second-order valence-corrected chi connectivity index (χ2v) is 4.82. The third-order valence-electron chi connectivity index (χ3n) is 3.42. The Labute approximate surface area is 112 Å². The molecule has 0 saturated carbocycles. The van der Waals surface area contributed by atoms with Gasteiger partial charge in [-0.2, -0.15) is 0 Å². The third-order valence-corrected chi connectivity index (χ3v) is 3.42. The number of hydrogen-bond donors (Lipinski definition) is 0. The molecule has 20 heavy (non-hydrogen) atoms. The number of hydrogen-bond acceptors (Lipinski definition) is 2. The van der Waals surface area contributed by atoms with Crippen molar-refractivity contribution >= 4 is 6.29 Å². The molecule has 1 heterocycles. The molecule has 2 rings (SSSR count). The van der Waals surface area contributed by atoms with Crippen LogP contribution < -0.4 is 0 Å². The van der Waals surface area contributed by atoms with Gasteiger partial charge in [0, 0.05) is 24.6 Å². The summed E-state index contributed by atoms with van der Waals surface area (Å²) in [6, 6.07) is 0. The lowest BCUT2D eigenvalue weighted by Gasteiger charge is -2.30. The zero-order valence-electron chi connectivity index (χ0n) is 10.4. The van der Waals surface area contributed by atoms with E-state index in [4.69, 9.17) is 0 Å². The van der Waals surface area contributed by atoms with Crippen molar-refractivity contribution in [2.24, 2.45) is 5.92 Å². The van der Waals surface area contributed by atoms with Crippen LogP contribution in [-0.4, -0.2) is 24.3 Å². The van der Waals surface area contributed by atoms with Crippen LogP contribution in [0.1, 0.15) is 18.4 Å². The number of likely N-dealkylation sites (tertiary alicyclic amines) is 1. The maximum atomic E-state index is 13.5. The van der Waals surface area contributed by atoms with Crippen LogP contribution in [-0.2, 0) is 11.3 Å². The van der Waals surface area contributed by atoms with Crippen molar-refractivity contribution in [3.05, 3.63) is 34.6 Å². The minimum Gasteiger partial charge on any atom is -0.303 e. The van der Waals surface area contributed by atoms with E-state index in [1.165, 1.54) is 4.90 Å². The molecule has 1 aliphatic heterocycles. The van der Waals surface area contributed by atoms with Crippen LogP contribution in [0.4, 0.5) is 22.0 Å². The summed E-state index contributed by atoms with van der Waals surface area (Å²) in [6.45, 7) is 0.295. The van der Waals surface area contributed by atoms with E-state index in [1.54, 1.807) is 0 Å². The summed E-state index contributed by atoms with van der Waals surface area (Å²) in [6.07, 6.45) is 2.04. The van der Waals surface area contributed by atoms with Gasteiger partial charge in [0.15, 0.2) is 23.3 Å². The van der Waals surface area contributed by atoms with Crippen molar-refractivity contribution in [3.8, 4) is 0 Å². The van der Waals surface area contributed by atoms with Gasteiger partial charge in [-0.05, 0) is 19.4 Å². The van der Waals surface area contributed by atoms with E-state index < -0.39 is 41.2 Å². The van der Waals surface area contributed by atoms with Gasteiger partial charge in [-0.25, -0.2) is 22.0 Å². The zero-order chi connectivity index (χ0) is 14.9. The van der Waals surface area contributed by atoms with E-state index in [-0.39, 0.29) is 12.5 Å². The number of aldehydes is 1. The first-order valence-corrected chi connectivity index (χ1v) is 6.13. The maximum Gasteiger partial charge on any atom is 0.200 e. The van der Waals surface area contributed by atoms with Crippen molar-refractivity contribution < 1.29 is 26.7 Å². The summed E-state index contributed by atoms with van der Waals surface area (Å²) in [5, 5.41) is 0. The number of benzene rings is 1. The Kier molecular flexibility index (Phi) is 4.37. The highest BCUT2D eigenvalue weighted by Crippen LogP contribution is 2.25. The number of nitrogens with zero attached hydrogens (tertiary/aromatic N) is 1. The molecule has 1 unspecified atom stereocenters. The molecule has 0 spiro atoms. The molecule has 110 valence electrons. The van der Waals surface area contributed by atoms with Crippen LogP contribution in [0.25, 0.3) is 0 Å². The summed E-state index contributed by atoms with van der Waals surface area (Å²) >= 11 is 0. The van der Waals surface area contributed by atoms with Crippen molar-refractivity contribution in [2.45, 2.75) is 19.4 Å². The molecule has 1 aliphatic rings. The fourth-order valence-electron chi connectivity index (χ4n) is 2.36. The van der Waals surface area contributed by atoms with Gasteiger partial charge in [0.1, 0.15) is 6.29 Å². The molecule has 0 aromatic heterocycles. The largest absolute Gasteiger partial charge is 0.303 e. The lowest BCUT2D eigenvalue weighted by Crippen LogP contribution is -2.36. The quantitative estimate of drug-likeness (QED) is 0.370. The first kappa shape index (κ1) is 14.9. The van der Waals surface area contributed by atoms with E-state index in [2.05, 4.69) is 0 Å². The summed E-state index contributed by atoms with van der Waals surface area (Å²) < 4.78 is 66.1. The number of halogens is 5. The minimum atomic E-state index is -2.16. The number of carbonyl (C=O) groups excluding carboxylic acids is 1. The molecule has 0 amide bonds. The highest BCUT2D eigenvalue weighted by molar-refractivity contribution is 5.53. The molecule has 0 aliphatic carbocycles. The molecule has 1 aromatic rings. The summed E-state index contributed by atoms with van der Waals surface area (Å²) in [5.74, 6) is -9.94. The molecule has 7 heteroatoms. The van der Waals surface area contributed by atoms with Crippen LogP contribution in [0.15, 0.2) is 0 Å². The van der Waals surface area contributed by atoms with E-state index in [1.807, 2.05) is 0 Å². The third kappa shape index (κ3) is 2.67. The Morgan fingerprint density at radius 1 is 1.00 bits per heavy atom. The topological polar surface area (TPSA) is 20.3 Å². The van der Waals surface area contributed by atoms with Crippen LogP contribution in [0.2, 0.25) is 0 Å². The van der Waals surface area contributed by atoms with Gasteiger partial charge in [-0.15, -0.1) is 0 Å².